The van der Waals surface area contributed by atoms with Crippen molar-refractivity contribution in [1.82, 2.24) is 9.88 Å². The lowest BCUT2D eigenvalue weighted by molar-refractivity contribution is 0.0729. The molecular formula is C16H14ClFN2O. The first kappa shape index (κ1) is 14.0. The number of rotatable bonds is 4. The fourth-order valence-electron chi connectivity index (χ4n) is 2.27. The number of hydrogen-bond acceptors (Lipinski definition) is 2. The van der Waals surface area contributed by atoms with E-state index in [4.69, 9.17) is 11.6 Å². The van der Waals surface area contributed by atoms with E-state index in [0.717, 1.165) is 18.4 Å². The first-order valence-corrected chi connectivity index (χ1v) is 7.18. The molecule has 1 heterocycles. The summed E-state index contributed by atoms with van der Waals surface area (Å²) in [6.45, 7) is 0.381. The minimum Gasteiger partial charge on any atom is -0.331 e. The molecule has 0 saturated heterocycles. The van der Waals surface area contributed by atoms with E-state index in [2.05, 4.69) is 4.98 Å². The minimum absolute atomic E-state index is 0.153. The van der Waals surface area contributed by atoms with Crippen LogP contribution in [-0.4, -0.2) is 21.8 Å². The normalized spacial score (nSPS) is 14.0. The van der Waals surface area contributed by atoms with E-state index < -0.39 is 0 Å². The molecule has 1 aliphatic rings. The van der Waals surface area contributed by atoms with Gasteiger partial charge in [-0.05, 0) is 36.6 Å². The standard InChI is InChI=1S/C16H14ClFN2O/c17-15-6-7-19-9-14(15)16(21)20(13-4-5-13)10-11-2-1-3-12(18)8-11/h1-3,6-9,13H,4-5,10H2. The molecule has 0 radical (unpaired) electrons. The van der Waals surface area contributed by atoms with Crippen LogP contribution in [0.5, 0.6) is 0 Å². The minimum atomic E-state index is -0.296. The van der Waals surface area contributed by atoms with Gasteiger partial charge in [-0.2, -0.15) is 0 Å². The summed E-state index contributed by atoms with van der Waals surface area (Å²) in [5.41, 5.74) is 1.16. The van der Waals surface area contributed by atoms with E-state index in [9.17, 15) is 9.18 Å². The molecule has 1 aliphatic carbocycles. The lowest BCUT2D eigenvalue weighted by Crippen LogP contribution is -2.32. The SMILES string of the molecule is O=C(c1cnccc1Cl)N(Cc1cccc(F)c1)C1CC1. The lowest BCUT2D eigenvalue weighted by Gasteiger charge is -2.23. The molecule has 0 unspecified atom stereocenters. The molecule has 0 spiro atoms. The quantitative estimate of drug-likeness (QED) is 0.863. The number of nitrogens with zero attached hydrogens (tertiary/aromatic N) is 2. The fraction of sp³-hybridized carbons (Fsp3) is 0.250. The fourth-order valence-corrected chi connectivity index (χ4v) is 2.46. The highest BCUT2D eigenvalue weighted by molar-refractivity contribution is 6.33. The number of carbonyl (C=O) groups is 1. The number of benzene rings is 1. The van der Waals surface area contributed by atoms with Crippen LogP contribution in [0.15, 0.2) is 42.7 Å². The molecule has 108 valence electrons. The number of amides is 1. The molecule has 1 aromatic carbocycles. The number of pyridine rings is 1. The Morgan fingerprint density at radius 3 is 2.86 bits per heavy atom. The number of aromatic nitrogens is 1. The topological polar surface area (TPSA) is 33.2 Å². The largest absolute Gasteiger partial charge is 0.331 e. The van der Waals surface area contributed by atoms with Crippen molar-refractivity contribution >= 4 is 17.5 Å². The average molecular weight is 305 g/mol. The molecule has 0 bridgehead atoms. The van der Waals surface area contributed by atoms with Gasteiger partial charge in [-0.15, -0.1) is 0 Å². The van der Waals surface area contributed by atoms with Crippen molar-refractivity contribution in [1.29, 1.82) is 0 Å². The second-order valence-electron chi connectivity index (χ2n) is 5.15. The Balaban J connectivity index is 1.85. The van der Waals surface area contributed by atoms with Crippen molar-refractivity contribution in [2.45, 2.75) is 25.4 Å². The second kappa shape index (κ2) is 5.82. The van der Waals surface area contributed by atoms with Gasteiger partial charge in [0.2, 0.25) is 0 Å². The molecule has 3 rings (SSSR count). The van der Waals surface area contributed by atoms with Crippen LogP contribution in [0.4, 0.5) is 4.39 Å². The Labute approximate surface area is 127 Å². The van der Waals surface area contributed by atoms with Crippen molar-refractivity contribution in [2.75, 3.05) is 0 Å². The summed E-state index contributed by atoms with van der Waals surface area (Å²) in [4.78, 5) is 18.3. The van der Waals surface area contributed by atoms with E-state index in [-0.39, 0.29) is 17.8 Å². The summed E-state index contributed by atoms with van der Waals surface area (Å²) in [5.74, 6) is -0.449. The summed E-state index contributed by atoms with van der Waals surface area (Å²) in [6, 6.07) is 8.12. The molecule has 0 N–H and O–H groups in total. The third kappa shape index (κ3) is 3.22. The maximum absolute atomic E-state index is 13.3. The van der Waals surface area contributed by atoms with Gasteiger partial charge >= 0.3 is 0 Å². The first-order chi connectivity index (χ1) is 10.1. The van der Waals surface area contributed by atoms with Crippen LogP contribution in [0.1, 0.15) is 28.8 Å². The Hall–Kier alpha value is -1.94. The van der Waals surface area contributed by atoms with Crippen LogP contribution >= 0.6 is 11.6 Å². The van der Waals surface area contributed by atoms with Crippen LogP contribution in [0.2, 0.25) is 5.02 Å². The van der Waals surface area contributed by atoms with Crippen LogP contribution < -0.4 is 0 Å². The molecule has 21 heavy (non-hydrogen) atoms. The van der Waals surface area contributed by atoms with E-state index in [1.807, 2.05) is 6.07 Å². The smallest absolute Gasteiger partial charge is 0.257 e. The Bertz CT molecular complexity index is 673. The Kier molecular flexibility index (Phi) is 3.88. The van der Waals surface area contributed by atoms with Gasteiger partial charge in [0.15, 0.2) is 0 Å². The second-order valence-corrected chi connectivity index (χ2v) is 5.56. The summed E-state index contributed by atoms with van der Waals surface area (Å²) in [6.07, 6.45) is 4.97. The van der Waals surface area contributed by atoms with Gasteiger partial charge in [-0.1, -0.05) is 23.7 Å². The van der Waals surface area contributed by atoms with Crippen LogP contribution in [0, 0.1) is 5.82 Å². The van der Waals surface area contributed by atoms with Crippen molar-refractivity contribution in [3.63, 3.8) is 0 Å². The third-order valence-corrected chi connectivity index (χ3v) is 3.82. The zero-order chi connectivity index (χ0) is 14.8. The van der Waals surface area contributed by atoms with Crippen LogP contribution in [-0.2, 0) is 6.54 Å². The van der Waals surface area contributed by atoms with Crippen molar-refractivity contribution in [2.24, 2.45) is 0 Å². The molecule has 1 aromatic heterocycles. The van der Waals surface area contributed by atoms with Crippen LogP contribution in [0.3, 0.4) is 0 Å². The Morgan fingerprint density at radius 1 is 1.38 bits per heavy atom. The monoisotopic (exact) mass is 304 g/mol. The summed E-state index contributed by atoms with van der Waals surface area (Å²) >= 11 is 6.07. The number of halogens is 2. The molecule has 5 heteroatoms. The van der Waals surface area contributed by atoms with E-state index in [1.54, 1.807) is 23.2 Å². The lowest BCUT2D eigenvalue weighted by atomic mass is 10.1. The van der Waals surface area contributed by atoms with E-state index >= 15 is 0 Å². The van der Waals surface area contributed by atoms with Gasteiger partial charge in [0.05, 0.1) is 10.6 Å². The number of carbonyl (C=O) groups excluding carboxylic acids is 1. The zero-order valence-corrected chi connectivity index (χ0v) is 12.1. The van der Waals surface area contributed by atoms with Gasteiger partial charge in [-0.25, -0.2) is 4.39 Å². The third-order valence-electron chi connectivity index (χ3n) is 3.49. The van der Waals surface area contributed by atoms with Crippen molar-refractivity contribution in [3.8, 4) is 0 Å². The Morgan fingerprint density at radius 2 is 2.19 bits per heavy atom. The highest BCUT2D eigenvalue weighted by atomic mass is 35.5. The predicted molar refractivity (Wildman–Crippen MR) is 78.5 cm³/mol. The predicted octanol–water partition coefficient (Wildman–Crippen LogP) is 3.68. The average Bonchev–Trinajstić information content (AvgIpc) is 3.29. The number of hydrogen-bond donors (Lipinski definition) is 0. The van der Waals surface area contributed by atoms with Crippen molar-refractivity contribution in [3.05, 3.63) is 64.7 Å². The maximum atomic E-state index is 13.3. The summed E-state index contributed by atoms with van der Waals surface area (Å²) in [5, 5.41) is 0.389. The van der Waals surface area contributed by atoms with Gasteiger partial charge in [0.1, 0.15) is 5.82 Å². The highest BCUT2D eigenvalue weighted by Crippen LogP contribution is 2.31. The highest BCUT2D eigenvalue weighted by Gasteiger charge is 2.33. The van der Waals surface area contributed by atoms with E-state index in [1.165, 1.54) is 18.3 Å². The van der Waals surface area contributed by atoms with Gasteiger partial charge in [0.25, 0.3) is 5.91 Å². The van der Waals surface area contributed by atoms with Gasteiger partial charge in [0, 0.05) is 25.0 Å². The molecule has 0 atom stereocenters. The summed E-state index contributed by atoms with van der Waals surface area (Å²) < 4.78 is 13.3. The molecule has 1 amide bonds. The van der Waals surface area contributed by atoms with Gasteiger partial charge < -0.3 is 4.90 Å². The van der Waals surface area contributed by atoms with E-state index in [0.29, 0.717) is 17.1 Å². The van der Waals surface area contributed by atoms with Crippen molar-refractivity contribution < 1.29 is 9.18 Å². The summed E-state index contributed by atoms with van der Waals surface area (Å²) in [7, 11) is 0. The van der Waals surface area contributed by atoms with Gasteiger partial charge in [-0.3, -0.25) is 9.78 Å². The molecule has 1 saturated carbocycles. The maximum Gasteiger partial charge on any atom is 0.257 e. The molecule has 2 aromatic rings. The molecule has 3 nitrogen and oxygen atoms in total. The zero-order valence-electron chi connectivity index (χ0n) is 11.3. The molecule has 1 fully saturated rings. The molecular weight excluding hydrogens is 291 g/mol. The van der Waals surface area contributed by atoms with Crippen LogP contribution in [0.25, 0.3) is 0 Å². The first-order valence-electron chi connectivity index (χ1n) is 6.80. The molecule has 0 aliphatic heterocycles.